The van der Waals surface area contributed by atoms with Crippen molar-refractivity contribution < 1.29 is 22.7 Å². The first kappa shape index (κ1) is 18.2. The number of aromatic nitrogens is 1. The molecule has 1 atom stereocenters. The maximum atomic E-state index is 12.9. The number of alkyl halides is 3. The van der Waals surface area contributed by atoms with E-state index in [0.29, 0.717) is 6.54 Å². The number of ether oxygens (including phenoxy) is 1. The Morgan fingerprint density at radius 2 is 2.08 bits per heavy atom. The van der Waals surface area contributed by atoms with Crippen molar-refractivity contribution in [3.8, 4) is 0 Å². The Kier molecular flexibility index (Phi) is 5.13. The van der Waals surface area contributed by atoms with Gasteiger partial charge in [0.1, 0.15) is 5.82 Å². The monoisotopic (exact) mass is 365 g/mol. The zero-order chi connectivity index (χ0) is 18.7. The molecule has 138 valence electrons. The minimum atomic E-state index is -4.51. The number of carbonyl (C=O) groups is 1. The van der Waals surface area contributed by atoms with Gasteiger partial charge >= 0.3 is 6.18 Å². The van der Waals surface area contributed by atoms with Crippen LogP contribution in [0.1, 0.15) is 15.9 Å². The minimum Gasteiger partial charge on any atom is -0.370 e. The summed E-state index contributed by atoms with van der Waals surface area (Å²) in [5.41, 5.74) is 2.11. The summed E-state index contributed by atoms with van der Waals surface area (Å²) in [6.07, 6.45) is -4.33. The molecule has 5 nitrogen and oxygen atoms in total. The van der Waals surface area contributed by atoms with Crippen LogP contribution in [0.15, 0.2) is 42.6 Å². The van der Waals surface area contributed by atoms with E-state index in [1.807, 2.05) is 24.3 Å². The molecule has 3 rings (SSSR count). The lowest BCUT2D eigenvalue weighted by Gasteiger charge is -2.22. The van der Waals surface area contributed by atoms with Crippen molar-refractivity contribution in [2.75, 3.05) is 30.4 Å². The fraction of sp³-hybridized carbons (Fsp3) is 0.333. The molecule has 0 saturated carbocycles. The van der Waals surface area contributed by atoms with Gasteiger partial charge in [-0.3, -0.25) is 4.79 Å². The minimum absolute atomic E-state index is 0.105. The lowest BCUT2D eigenvalue weighted by atomic mass is 10.1. The Morgan fingerprint density at radius 3 is 2.81 bits per heavy atom. The third-order valence-electron chi connectivity index (χ3n) is 4.27. The highest BCUT2D eigenvalue weighted by atomic mass is 19.4. The number of benzene rings is 1. The highest BCUT2D eigenvalue weighted by Crippen LogP contribution is 2.30. The van der Waals surface area contributed by atoms with Crippen molar-refractivity contribution in [3.05, 3.63) is 53.7 Å². The summed E-state index contributed by atoms with van der Waals surface area (Å²) in [5.74, 6) is -0.195. The number of methoxy groups -OCH3 is 1. The summed E-state index contributed by atoms with van der Waals surface area (Å²) in [7, 11) is 0.992. The van der Waals surface area contributed by atoms with Crippen LogP contribution in [-0.2, 0) is 11.2 Å². The first-order valence-electron chi connectivity index (χ1n) is 8.10. The maximum absolute atomic E-state index is 12.9. The molecule has 1 aliphatic heterocycles. The smallest absolute Gasteiger partial charge is 0.370 e. The molecule has 1 unspecified atom stereocenters. The zero-order valence-corrected chi connectivity index (χ0v) is 14.1. The fourth-order valence-corrected chi connectivity index (χ4v) is 2.94. The molecule has 2 aromatic rings. The molecule has 0 radical (unpaired) electrons. The first-order valence-corrected chi connectivity index (χ1v) is 8.10. The molecule has 1 aromatic carbocycles. The van der Waals surface area contributed by atoms with Crippen LogP contribution in [-0.4, -0.2) is 43.4 Å². The van der Waals surface area contributed by atoms with E-state index in [4.69, 9.17) is 0 Å². The van der Waals surface area contributed by atoms with Crippen LogP contribution >= 0.6 is 0 Å². The number of hydrogen-bond donors (Lipinski definition) is 1. The molecule has 1 aliphatic rings. The topological polar surface area (TPSA) is 54.5 Å². The van der Waals surface area contributed by atoms with Gasteiger partial charge in [0.05, 0.1) is 12.1 Å². The van der Waals surface area contributed by atoms with Crippen LogP contribution in [0.4, 0.5) is 24.7 Å². The molecular formula is C18H18F3N3O2. The molecule has 8 heteroatoms. The molecule has 0 saturated heterocycles. The molecular weight excluding hydrogens is 347 g/mol. The highest BCUT2D eigenvalue weighted by Gasteiger charge is 2.40. The summed E-state index contributed by atoms with van der Waals surface area (Å²) >= 11 is 0. The SMILES string of the molecule is COC(CNc1ncccc1C(=O)N1CCc2ccccc21)C(F)(F)F. The number of para-hydroxylation sites is 1. The van der Waals surface area contributed by atoms with Crippen molar-refractivity contribution in [2.45, 2.75) is 18.7 Å². The molecule has 0 fully saturated rings. The van der Waals surface area contributed by atoms with Crippen molar-refractivity contribution in [3.63, 3.8) is 0 Å². The van der Waals surface area contributed by atoms with Crippen LogP contribution in [0.5, 0.6) is 0 Å². The zero-order valence-electron chi connectivity index (χ0n) is 14.1. The largest absolute Gasteiger partial charge is 0.416 e. The molecule has 26 heavy (non-hydrogen) atoms. The number of pyridine rings is 1. The number of carbonyl (C=O) groups excluding carboxylic acids is 1. The summed E-state index contributed by atoms with van der Waals surface area (Å²) < 4.78 is 43.0. The average molecular weight is 365 g/mol. The fourth-order valence-electron chi connectivity index (χ4n) is 2.94. The van der Waals surface area contributed by atoms with Gasteiger partial charge in [-0.25, -0.2) is 4.98 Å². The van der Waals surface area contributed by atoms with Crippen LogP contribution in [0.2, 0.25) is 0 Å². The predicted octanol–water partition coefficient (Wildman–Crippen LogP) is 3.27. The van der Waals surface area contributed by atoms with Gasteiger partial charge in [-0.2, -0.15) is 13.2 Å². The molecule has 1 aromatic heterocycles. The van der Waals surface area contributed by atoms with Gasteiger partial charge in [0, 0.05) is 25.5 Å². The van der Waals surface area contributed by atoms with E-state index < -0.39 is 18.8 Å². The van der Waals surface area contributed by atoms with Crippen LogP contribution < -0.4 is 10.2 Å². The Morgan fingerprint density at radius 1 is 1.31 bits per heavy atom. The number of amides is 1. The molecule has 2 heterocycles. The highest BCUT2D eigenvalue weighted by molar-refractivity contribution is 6.10. The van der Waals surface area contributed by atoms with E-state index in [-0.39, 0.29) is 17.3 Å². The van der Waals surface area contributed by atoms with Crippen molar-refractivity contribution >= 4 is 17.4 Å². The van der Waals surface area contributed by atoms with E-state index in [0.717, 1.165) is 24.8 Å². The number of anilines is 2. The summed E-state index contributed by atoms with van der Waals surface area (Å²) in [5, 5.41) is 2.60. The summed E-state index contributed by atoms with van der Waals surface area (Å²) in [4.78, 5) is 18.6. The summed E-state index contributed by atoms with van der Waals surface area (Å²) in [6, 6.07) is 10.7. The Labute approximate surface area is 148 Å². The van der Waals surface area contributed by atoms with Gasteiger partial charge in [0.25, 0.3) is 5.91 Å². The Balaban J connectivity index is 1.80. The molecule has 1 amide bonds. The first-order chi connectivity index (χ1) is 12.4. The van der Waals surface area contributed by atoms with Gasteiger partial charge in [-0.1, -0.05) is 18.2 Å². The van der Waals surface area contributed by atoms with Gasteiger partial charge in [-0.05, 0) is 30.2 Å². The van der Waals surface area contributed by atoms with Gasteiger partial charge in [0.2, 0.25) is 0 Å². The third-order valence-corrected chi connectivity index (χ3v) is 4.27. The van der Waals surface area contributed by atoms with Crippen molar-refractivity contribution in [1.29, 1.82) is 0 Å². The number of nitrogens with one attached hydrogen (secondary N) is 1. The quantitative estimate of drug-likeness (QED) is 0.884. The number of nitrogens with zero attached hydrogens (tertiary/aromatic N) is 2. The van der Waals surface area contributed by atoms with E-state index in [1.165, 1.54) is 6.20 Å². The van der Waals surface area contributed by atoms with Gasteiger partial charge < -0.3 is 15.0 Å². The Hall–Kier alpha value is -2.61. The third kappa shape index (κ3) is 3.65. The molecule has 0 spiro atoms. The molecule has 1 N–H and O–H groups in total. The second-order valence-electron chi connectivity index (χ2n) is 5.88. The normalized spacial score (nSPS) is 14.8. The van der Waals surface area contributed by atoms with Crippen molar-refractivity contribution in [2.24, 2.45) is 0 Å². The van der Waals surface area contributed by atoms with Crippen molar-refractivity contribution in [1.82, 2.24) is 4.98 Å². The summed E-state index contributed by atoms with van der Waals surface area (Å²) in [6.45, 7) is -0.0103. The molecule has 0 aliphatic carbocycles. The van der Waals surface area contributed by atoms with E-state index in [2.05, 4.69) is 15.0 Å². The van der Waals surface area contributed by atoms with Gasteiger partial charge in [-0.15, -0.1) is 0 Å². The predicted molar refractivity (Wildman–Crippen MR) is 91.4 cm³/mol. The number of fused-ring (bicyclic) bond motifs is 1. The van der Waals surface area contributed by atoms with E-state index in [1.54, 1.807) is 17.0 Å². The number of halogens is 3. The molecule has 0 bridgehead atoms. The standard InChI is InChI=1S/C18H18F3N3O2/c1-26-15(18(19,20)21)11-23-16-13(6-4-9-22-16)17(25)24-10-8-12-5-2-3-7-14(12)24/h2-7,9,15H,8,10-11H2,1H3,(H,22,23). The van der Waals surface area contributed by atoms with Crippen LogP contribution in [0, 0.1) is 0 Å². The second-order valence-corrected chi connectivity index (χ2v) is 5.88. The van der Waals surface area contributed by atoms with Crippen LogP contribution in [0.25, 0.3) is 0 Å². The average Bonchev–Trinajstić information content (AvgIpc) is 3.05. The lowest BCUT2D eigenvalue weighted by molar-refractivity contribution is -0.207. The lowest BCUT2D eigenvalue weighted by Crippen LogP contribution is -2.37. The number of hydrogen-bond acceptors (Lipinski definition) is 4. The van der Waals surface area contributed by atoms with Gasteiger partial charge in [0.15, 0.2) is 6.10 Å². The number of rotatable bonds is 5. The van der Waals surface area contributed by atoms with E-state index in [9.17, 15) is 18.0 Å². The Bertz CT molecular complexity index is 795. The maximum Gasteiger partial charge on any atom is 0.416 e. The van der Waals surface area contributed by atoms with E-state index >= 15 is 0 Å². The van der Waals surface area contributed by atoms with Crippen LogP contribution in [0.3, 0.4) is 0 Å². The second kappa shape index (κ2) is 7.33.